The van der Waals surface area contributed by atoms with E-state index < -0.39 is 0 Å². The molecule has 0 spiro atoms. The van der Waals surface area contributed by atoms with Gasteiger partial charge in [0.15, 0.2) is 0 Å². The maximum Gasteiger partial charge on any atom is 0.221 e. The van der Waals surface area contributed by atoms with Gasteiger partial charge in [0.05, 0.1) is 40.4 Å². The van der Waals surface area contributed by atoms with Crippen molar-refractivity contribution in [1.82, 2.24) is 19.6 Å². The molecule has 1 aliphatic carbocycles. The van der Waals surface area contributed by atoms with Crippen molar-refractivity contribution in [1.29, 1.82) is 0 Å². The minimum absolute atomic E-state index is 0.00844. The summed E-state index contributed by atoms with van der Waals surface area (Å²) < 4.78 is 4.00. The molecule has 172 valence electrons. The van der Waals surface area contributed by atoms with Gasteiger partial charge < -0.3 is 10.5 Å². The fraction of sp³-hybridized carbons (Fsp3) is 0.500. The number of fused-ring (bicyclic) bond motifs is 2. The zero-order valence-electron chi connectivity index (χ0n) is 20.1. The molecule has 2 heterocycles. The number of rotatable bonds is 1. The number of hydrogen-bond donors (Lipinski definition) is 2. The lowest BCUT2D eigenvalue weighted by Gasteiger charge is -2.24. The molecule has 0 unspecified atom stereocenters. The molecule has 0 saturated heterocycles. The number of nitrogens with one attached hydrogen (secondary N) is 1. The van der Waals surface area contributed by atoms with Crippen molar-refractivity contribution in [2.24, 2.45) is 5.16 Å². The molecule has 4 rings (SSSR count). The first kappa shape index (κ1) is 23.5. The van der Waals surface area contributed by atoms with E-state index in [9.17, 15) is 4.79 Å². The topological polar surface area (TPSA) is 97.3 Å². The third-order valence-corrected chi connectivity index (χ3v) is 5.32. The predicted octanol–water partition coefficient (Wildman–Crippen LogP) is 4.90. The van der Waals surface area contributed by atoms with Crippen LogP contribution in [0, 0.1) is 0 Å². The molecule has 0 bridgehead atoms. The zero-order valence-corrected chi connectivity index (χ0v) is 20.1. The Balaban J connectivity index is 0.000000182. The standard InChI is InChI=1S/C13H17N3O.C11H17N3O/c1-9(17)15-11-6-5-7-12-10(11)8-14-16(12)13(2,3)4;1-11(2,3)14-10-6-4-5-9(13-15)8(10)7-12-14/h5-8H,1-4H3,(H,15,17);7,15H,4-6H2,1-3H3. The fourth-order valence-corrected chi connectivity index (χ4v) is 3.98. The Morgan fingerprint density at radius 1 is 1.03 bits per heavy atom. The van der Waals surface area contributed by atoms with Crippen molar-refractivity contribution in [2.75, 3.05) is 5.32 Å². The molecule has 8 heteroatoms. The Bertz CT molecular complexity index is 1140. The summed E-state index contributed by atoms with van der Waals surface area (Å²) in [6, 6.07) is 5.83. The molecule has 0 radical (unpaired) electrons. The first-order chi connectivity index (χ1) is 14.9. The maximum atomic E-state index is 11.1. The Kier molecular flexibility index (Phi) is 6.44. The largest absolute Gasteiger partial charge is 0.411 e. The second-order valence-corrected chi connectivity index (χ2v) is 10.1. The van der Waals surface area contributed by atoms with E-state index in [-0.39, 0.29) is 17.0 Å². The van der Waals surface area contributed by atoms with E-state index in [4.69, 9.17) is 5.21 Å². The lowest BCUT2D eigenvalue weighted by Crippen LogP contribution is -2.27. The van der Waals surface area contributed by atoms with E-state index >= 15 is 0 Å². The monoisotopic (exact) mass is 438 g/mol. The van der Waals surface area contributed by atoms with Gasteiger partial charge in [0.25, 0.3) is 0 Å². The van der Waals surface area contributed by atoms with Crippen LogP contribution in [0.1, 0.15) is 72.6 Å². The summed E-state index contributed by atoms with van der Waals surface area (Å²) in [6.07, 6.45) is 6.51. The van der Waals surface area contributed by atoms with Crippen LogP contribution in [0.15, 0.2) is 35.7 Å². The third-order valence-electron chi connectivity index (χ3n) is 5.32. The van der Waals surface area contributed by atoms with Crippen LogP contribution < -0.4 is 5.32 Å². The van der Waals surface area contributed by atoms with Gasteiger partial charge in [-0.25, -0.2) is 0 Å². The molecule has 0 aliphatic heterocycles. The van der Waals surface area contributed by atoms with Crippen molar-refractivity contribution >= 4 is 28.2 Å². The van der Waals surface area contributed by atoms with Crippen LogP contribution in [0.2, 0.25) is 0 Å². The van der Waals surface area contributed by atoms with Crippen LogP contribution >= 0.6 is 0 Å². The molecule has 1 aliphatic rings. The Labute approximate surface area is 189 Å². The molecule has 1 aromatic carbocycles. The van der Waals surface area contributed by atoms with Crippen LogP contribution in [-0.4, -0.2) is 36.4 Å². The van der Waals surface area contributed by atoms with Gasteiger partial charge in [0.1, 0.15) is 0 Å². The first-order valence-electron chi connectivity index (χ1n) is 11.0. The van der Waals surface area contributed by atoms with Gasteiger partial charge in [-0.3, -0.25) is 14.2 Å². The van der Waals surface area contributed by atoms with Crippen molar-refractivity contribution in [3.63, 3.8) is 0 Å². The molecule has 1 amide bonds. The summed E-state index contributed by atoms with van der Waals surface area (Å²) in [6.45, 7) is 14.2. The van der Waals surface area contributed by atoms with Gasteiger partial charge in [0.2, 0.25) is 5.91 Å². The van der Waals surface area contributed by atoms with Gasteiger partial charge in [-0.2, -0.15) is 10.2 Å². The average molecular weight is 439 g/mol. The van der Waals surface area contributed by atoms with Crippen molar-refractivity contribution in [3.05, 3.63) is 41.9 Å². The summed E-state index contributed by atoms with van der Waals surface area (Å²) in [5, 5.41) is 24.8. The molecule has 32 heavy (non-hydrogen) atoms. The van der Waals surface area contributed by atoms with E-state index in [1.165, 1.54) is 12.6 Å². The molecule has 0 atom stereocenters. The number of carbonyl (C=O) groups is 1. The van der Waals surface area contributed by atoms with Gasteiger partial charge in [-0.1, -0.05) is 11.2 Å². The highest BCUT2D eigenvalue weighted by Crippen LogP contribution is 2.27. The lowest BCUT2D eigenvalue weighted by molar-refractivity contribution is -0.114. The molecular weight excluding hydrogens is 404 g/mol. The number of nitrogens with zero attached hydrogens (tertiary/aromatic N) is 5. The Morgan fingerprint density at radius 3 is 2.28 bits per heavy atom. The number of aromatic nitrogens is 4. The summed E-state index contributed by atoms with van der Waals surface area (Å²) in [4.78, 5) is 11.1. The van der Waals surface area contributed by atoms with E-state index in [0.29, 0.717) is 0 Å². The molecule has 2 aromatic heterocycles. The Morgan fingerprint density at radius 2 is 1.69 bits per heavy atom. The Hall–Kier alpha value is -3.16. The van der Waals surface area contributed by atoms with Crippen LogP contribution in [0.5, 0.6) is 0 Å². The normalized spacial score (nSPS) is 15.3. The molecule has 0 fully saturated rings. The minimum Gasteiger partial charge on any atom is -0.411 e. The summed E-state index contributed by atoms with van der Waals surface area (Å²) in [5.41, 5.74) is 4.74. The highest BCUT2D eigenvalue weighted by Gasteiger charge is 2.25. The molecular formula is C24H34N6O2. The van der Waals surface area contributed by atoms with Crippen molar-refractivity contribution in [3.8, 4) is 0 Å². The molecule has 3 aromatic rings. The third kappa shape index (κ3) is 4.84. The van der Waals surface area contributed by atoms with Crippen LogP contribution in [0.4, 0.5) is 5.69 Å². The van der Waals surface area contributed by atoms with Gasteiger partial charge in [-0.15, -0.1) is 0 Å². The molecule has 0 saturated carbocycles. The fourth-order valence-electron chi connectivity index (χ4n) is 3.98. The van der Waals surface area contributed by atoms with E-state index in [1.54, 1.807) is 6.20 Å². The number of carbonyl (C=O) groups excluding carboxylic acids is 1. The number of oxime groups is 1. The predicted molar refractivity (Wildman–Crippen MR) is 128 cm³/mol. The zero-order chi connectivity index (χ0) is 23.7. The SMILES string of the molecule is CC(=O)Nc1cccc2c1cnn2C(C)(C)C.CC(C)(C)n1ncc2c1CCCC2=NO. The summed E-state index contributed by atoms with van der Waals surface area (Å²) >= 11 is 0. The summed E-state index contributed by atoms with van der Waals surface area (Å²) in [5.74, 6) is -0.0685. The van der Waals surface area contributed by atoms with E-state index in [1.807, 2.05) is 33.8 Å². The van der Waals surface area contributed by atoms with Crippen molar-refractivity contribution < 1.29 is 10.0 Å². The number of amides is 1. The van der Waals surface area contributed by atoms with Crippen molar-refractivity contribution in [2.45, 2.75) is 78.8 Å². The second kappa shape index (κ2) is 8.76. The number of hydrogen-bond acceptors (Lipinski definition) is 5. The second-order valence-electron chi connectivity index (χ2n) is 10.1. The molecule has 2 N–H and O–H groups in total. The molecule has 8 nitrogen and oxygen atoms in total. The van der Waals surface area contributed by atoms with Crippen LogP contribution in [-0.2, 0) is 22.3 Å². The lowest BCUT2D eigenvalue weighted by atomic mass is 9.95. The highest BCUT2D eigenvalue weighted by atomic mass is 16.4. The average Bonchev–Trinajstić information content (AvgIpc) is 3.32. The van der Waals surface area contributed by atoms with E-state index in [0.717, 1.165) is 47.1 Å². The van der Waals surface area contributed by atoms with Gasteiger partial charge in [-0.05, 0) is 72.9 Å². The highest BCUT2D eigenvalue weighted by molar-refractivity contribution is 6.02. The quantitative estimate of drug-likeness (QED) is 0.417. The number of anilines is 1. The van der Waals surface area contributed by atoms with E-state index in [2.05, 4.69) is 62.2 Å². The smallest absolute Gasteiger partial charge is 0.221 e. The van der Waals surface area contributed by atoms with Crippen LogP contribution in [0.3, 0.4) is 0 Å². The minimum atomic E-state index is -0.0728. The van der Waals surface area contributed by atoms with Crippen LogP contribution in [0.25, 0.3) is 10.9 Å². The van der Waals surface area contributed by atoms with Gasteiger partial charge in [0, 0.05) is 23.6 Å². The maximum absolute atomic E-state index is 11.1. The first-order valence-corrected chi connectivity index (χ1v) is 11.0. The summed E-state index contributed by atoms with van der Waals surface area (Å²) in [7, 11) is 0. The number of benzene rings is 1. The van der Waals surface area contributed by atoms with Gasteiger partial charge >= 0.3 is 0 Å².